The fourth-order valence-electron chi connectivity index (χ4n) is 3.01. The summed E-state index contributed by atoms with van der Waals surface area (Å²) in [6.07, 6.45) is 8.21. The second kappa shape index (κ2) is 3.85. The number of aliphatic hydroxyl groups is 1. The molecule has 0 bridgehead atoms. The van der Waals surface area contributed by atoms with Crippen LogP contribution in [0.3, 0.4) is 0 Å². The van der Waals surface area contributed by atoms with Crippen LogP contribution >= 0.6 is 0 Å². The monoisotopic (exact) mass is 194 g/mol. The van der Waals surface area contributed by atoms with Crippen LogP contribution in [0, 0.1) is 23.7 Å². The molecule has 1 saturated carbocycles. The minimum Gasteiger partial charge on any atom is -0.393 e. The first-order valence-electron chi connectivity index (χ1n) is 5.55. The van der Waals surface area contributed by atoms with Crippen molar-refractivity contribution in [3.05, 3.63) is 12.2 Å². The Hall–Kier alpha value is -0.630. The quantitative estimate of drug-likeness (QED) is 0.510. The van der Waals surface area contributed by atoms with E-state index in [-0.39, 0.29) is 17.9 Å². The molecule has 0 spiro atoms. The van der Waals surface area contributed by atoms with Gasteiger partial charge in [0.15, 0.2) is 0 Å². The Morgan fingerprint density at radius 1 is 1.36 bits per heavy atom. The molecule has 0 aliphatic heterocycles. The SMILES string of the molecule is CC1C=CC2CCCC(O)C2C1C=O. The lowest BCUT2D eigenvalue weighted by Gasteiger charge is -2.41. The molecule has 0 saturated heterocycles. The molecule has 14 heavy (non-hydrogen) atoms. The average Bonchev–Trinajstić information content (AvgIpc) is 2.19. The zero-order valence-electron chi connectivity index (χ0n) is 8.60. The molecule has 0 heterocycles. The summed E-state index contributed by atoms with van der Waals surface area (Å²) >= 11 is 0. The largest absolute Gasteiger partial charge is 0.393 e. The van der Waals surface area contributed by atoms with E-state index in [1.807, 2.05) is 0 Å². The van der Waals surface area contributed by atoms with E-state index in [9.17, 15) is 9.90 Å². The fourth-order valence-corrected chi connectivity index (χ4v) is 3.01. The first-order chi connectivity index (χ1) is 6.74. The summed E-state index contributed by atoms with van der Waals surface area (Å²) in [6, 6.07) is 0. The van der Waals surface area contributed by atoms with Gasteiger partial charge in [-0.25, -0.2) is 0 Å². The van der Waals surface area contributed by atoms with Gasteiger partial charge in [0.05, 0.1) is 6.10 Å². The maximum Gasteiger partial charge on any atom is 0.124 e. The number of carbonyl (C=O) groups excluding carboxylic acids is 1. The second-order valence-corrected chi connectivity index (χ2v) is 4.70. The van der Waals surface area contributed by atoms with Gasteiger partial charge in [0.1, 0.15) is 6.29 Å². The topological polar surface area (TPSA) is 37.3 Å². The molecule has 2 aliphatic rings. The predicted molar refractivity (Wildman–Crippen MR) is 54.7 cm³/mol. The van der Waals surface area contributed by atoms with Crippen molar-refractivity contribution >= 4 is 6.29 Å². The molecule has 5 atom stereocenters. The van der Waals surface area contributed by atoms with Gasteiger partial charge >= 0.3 is 0 Å². The van der Waals surface area contributed by atoms with Gasteiger partial charge in [0.25, 0.3) is 0 Å². The number of fused-ring (bicyclic) bond motifs is 1. The zero-order valence-corrected chi connectivity index (χ0v) is 8.60. The summed E-state index contributed by atoms with van der Waals surface area (Å²) in [6.45, 7) is 2.06. The van der Waals surface area contributed by atoms with Crippen molar-refractivity contribution in [2.75, 3.05) is 0 Å². The van der Waals surface area contributed by atoms with Gasteiger partial charge in [0.2, 0.25) is 0 Å². The maximum atomic E-state index is 11.0. The Morgan fingerprint density at radius 3 is 2.86 bits per heavy atom. The van der Waals surface area contributed by atoms with E-state index in [1.54, 1.807) is 0 Å². The molecule has 0 radical (unpaired) electrons. The Labute approximate surface area is 85.0 Å². The summed E-state index contributed by atoms with van der Waals surface area (Å²) in [5, 5.41) is 9.93. The van der Waals surface area contributed by atoms with Crippen molar-refractivity contribution in [1.29, 1.82) is 0 Å². The van der Waals surface area contributed by atoms with Gasteiger partial charge in [-0.3, -0.25) is 0 Å². The van der Waals surface area contributed by atoms with Gasteiger partial charge in [-0.15, -0.1) is 0 Å². The van der Waals surface area contributed by atoms with E-state index < -0.39 is 0 Å². The van der Waals surface area contributed by atoms with Gasteiger partial charge in [0, 0.05) is 11.8 Å². The maximum absolute atomic E-state index is 11.0. The van der Waals surface area contributed by atoms with E-state index in [2.05, 4.69) is 19.1 Å². The average molecular weight is 194 g/mol. The first-order valence-corrected chi connectivity index (χ1v) is 5.55. The fraction of sp³-hybridized carbons (Fsp3) is 0.750. The minimum absolute atomic E-state index is 0.0281. The summed E-state index contributed by atoms with van der Waals surface area (Å²) in [5.41, 5.74) is 0. The molecule has 1 fully saturated rings. The van der Waals surface area contributed by atoms with Crippen LogP contribution in [0.1, 0.15) is 26.2 Å². The molecule has 5 unspecified atom stereocenters. The molecular weight excluding hydrogens is 176 g/mol. The molecule has 78 valence electrons. The number of hydrogen-bond acceptors (Lipinski definition) is 2. The molecule has 1 N–H and O–H groups in total. The van der Waals surface area contributed by atoms with Crippen molar-refractivity contribution in [2.45, 2.75) is 32.3 Å². The van der Waals surface area contributed by atoms with E-state index in [0.29, 0.717) is 11.8 Å². The molecule has 2 nitrogen and oxygen atoms in total. The van der Waals surface area contributed by atoms with Crippen LogP contribution in [-0.4, -0.2) is 17.5 Å². The third-order valence-corrected chi connectivity index (χ3v) is 3.85. The number of rotatable bonds is 1. The highest BCUT2D eigenvalue weighted by molar-refractivity contribution is 5.56. The van der Waals surface area contributed by atoms with Gasteiger partial charge < -0.3 is 9.90 Å². The summed E-state index contributed by atoms with van der Waals surface area (Å²) in [4.78, 5) is 11.0. The number of allylic oxidation sites excluding steroid dienone is 2. The molecule has 0 aromatic rings. The summed E-state index contributed by atoms with van der Waals surface area (Å²) in [5.74, 6) is 0.938. The van der Waals surface area contributed by atoms with Crippen LogP contribution in [0.4, 0.5) is 0 Å². The van der Waals surface area contributed by atoms with Crippen molar-refractivity contribution in [1.82, 2.24) is 0 Å². The Morgan fingerprint density at radius 2 is 2.14 bits per heavy atom. The van der Waals surface area contributed by atoms with Crippen LogP contribution in [0.5, 0.6) is 0 Å². The number of aldehydes is 1. The highest BCUT2D eigenvalue weighted by Gasteiger charge is 2.40. The van der Waals surface area contributed by atoms with Crippen LogP contribution in [-0.2, 0) is 4.79 Å². The van der Waals surface area contributed by atoms with Gasteiger partial charge in [-0.1, -0.05) is 25.5 Å². The van der Waals surface area contributed by atoms with Crippen LogP contribution < -0.4 is 0 Å². The Kier molecular flexibility index (Phi) is 2.73. The smallest absolute Gasteiger partial charge is 0.124 e. The van der Waals surface area contributed by atoms with E-state index in [4.69, 9.17) is 0 Å². The Bertz CT molecular complexity index is 247. The van der Waals surface area contributed by atoms with Crippen molar-refractivity contribution in [2.24, 2.45) is 23.7 Å². The second-order valence-electron chi connectivity index (χ2n) is 4.70. The van der Waals surface area contributed by atoms with Crippen LogP contribution in [0.2, 0.25) is 0 Å². The molecule has 0 aromatic carbocycles. The minimum atomic E-state index is -0.267. The third-order valence-electron chi connectivity index (χ3n) is 3.85. The lowest BCUT2D eigenvalue weighted by Crippen LogP contribution is -2.42. The highest BCUT2D eigenvalue weighted by Crippen LogP contribution is 2.41. The molecule has 0 aromatic heterocycles. The van der Waals surface area contributed by atoms with Gasteiger partial charge in [-0.05, 0) is 24.7 Å². The first kappa shape index (κ1) is 9.91. The van der Waals surface area contributed by atoms with Crippen molar-refractivity contribution in [3.63, 3.8) is 0 Å². The van der Waals surface area contributed by atoms with Gasteiger partial charge in [-0.2, -0.15) is 0 Å². The summed E-state index contributed by atoms with van der Waals surface area (Å²) in [7, 11) is 0. The number of hydrogen-bond donors (Lipinski definition) is 1. The lowest BCUT2D eigenvalue weighted by molar-refractivity contribution is -0.118. The molecule has 2 aliphatic carbocycles. The molecule has 2 heteroatoms. The van der Waals surface area contributed by atoms with Crippen molar-refractivity contribution < 1.29 is 9.90 Å². The van der Waals surface area contributed by atoms with E-state index in [1.165, 1.54) is 0 Å². The summed E-state index contributed by atoms with van der Waals surface area (Å²) < 4.78 is 0. The third kappa shape index (κ3) is 1.52. The highest BCUT2D eigenvalue weighted by atomic mass is 16.3. The number of carbonyl (C=O) groups is 1. The predicted octanol–water partition coefficient (Wildman–Crippen LogP) is 1.78. The molecule has 2 rings (SSSR count). The molecule has 0 amide bonds. The van der Waals surface area contributed by atoms with Crippen molar-refractivity contribution in [3.8, 4) is 0 Å². The zero-order chi connectivity index (χ0) is 10.1. The number of aliphatic hydroxyl groups excluding tert-OH is 1. The van der Waals surface area contributed by atoms with E-state index >= 15 is 0 Å². The van der Waals surface area contributed by atoms with E-state index in [0.717, 1.165) is 25.5 Å². The lowest BCUT2D eigenvalue weighted by atomic mass is 9.64. The standard InChI is InChI=1S/C12H18O2/c1-8-5-6-9-3-2-4-11(14)12(9)10(8)7-13/h5-12,14H,2-4H2,1H3. The van der Waals surface area contributed by atoms with Crippen LogP contribution in [0.15, 0.2) is 12.2 Å². The molecular formula is C12H18O2. The normalized spacial score (nSPS) is 47.1. The Balaban J connectivity index is 2.24. The van der Waals surface area contributed by atoms with Crippen LogP contribution in [0.25, 0.3) is 0 Å².